The Bertz CT molecular complexity index is 861. The molecule has 1 aromatic carbocycles. The molecule has 3 rings (SSSR count). The number of hydrogen-bond donors (Lipinski definition) is 0. The van der Waals surface area contributed by atoms with Gasteiger partial charge in [0.25, 0.3) is 5.91 Å². The van der Waals surface area contributed by atoms with E-state index in [1.807, 2.05) is 24.4 Å². The number of carbonyl (C=O) groups is 1. The lowest BCUT2D eigenvalue weighted by Crippen LogP contribution is -2.39. The third-order valence-corrected chi connectivity index (χ3v) is 4.81. The molecule has 2 heterocycles. The van der Waals surface area contributed by atoms with E-state index in [2.05, 4.69) is 10.1 Å². The van der Waals surface area contributed by atoms with Gasteiger partial charge in [0.2, 0.25) is 11.7 Å². The van der Waals surface area contributed by atoms with Crippen molar-refractivity contribution < 1.29 is 18.8 Å². The van der Waals surface area contributed by atoms with E-state index < -0.39 is 6.10 Å². The van der Waals surface area contributed by atoms with E-state index in [0.29, 0.717) is 23.9 Å². The zero-order valence-corrected chi connectivity index (χ0v) is 16.2. The monoisotopic (exact) mass is 387 g/mol. The van der Waals surface area contributed by atoms with Gasteiger partial charge in [0, 0.05) is 7.05 Å². The lowest BCUT2D eigenvalue weighted by molar-refractivity contribution is -0.138. The summed E-state index contributed by atoms with van der Waals surface area (Å²) in [6.07, 6.45) is -0.0532. The fourth-order valence-corrected chi connectivity index (χ4v) is 3.13. The molecule has 1 atom stereocenters. The van der Waals surface area contributed by atoms with Crippen LogP contribution in [0.4, 0.5) is 0 Å². The molecule has 142 valence electrons. The quantitative estimate of drug-likeness (QED) is 0.587. The summed E-state index contributed by atoms with van der Waals surface area (Å²) in [5, 5.41) is 5.91. The minimum absolute atomic E-state index is 0.149. The van der Waals surface area contributed by atoms with Crippen LogP contribution in [-0.2, 0) is 11.3 Å². The standard InChI is InChI=1S/C19H21N3O4S/c1-4-15(25-14-9-7-13(24-3)8-10-14)19(23)22(2)12-17-20-18(21-26-17)16-6-5-11-27-16/h5-11,15H,4,12H2,1-3H3/t15-/m1/s1. The molecular weight excluding hydrogens is 366 g/mol. The lowest BCUT2D eigenvalue weighted by Gasteiger charge is -2.22. The van der Waals surface area contributed by atoms with Crippen LogP contribution in [0.1, 0.15) is 19.2 Å². The van der Waals surface area contributed by atoms with Crippen molar-refractivity contribution in [1.82, 2.24) is 15.0 Å². The smallest absolute Gasteiger partial charge is 0.263 e. The molecule has 0 aliphatic heterocycles. The summed E-state index contributed by atoms with van der Waals surface area (Å²) in [4.78, 5) is 19.5. The molecular formula is C19H21N3O4S. The van der Waals surface area contributed by atoms with Crippen LogP contribution in [0.15, 0.2) is 46.3 Å². The first-order valence-corrected chi connectivity index (χ1v) is 9.40. The number of amides is 1. The molecule has 8 heteroatoms. The average Bonchev–Trinajstić information content (AvgIpc) is 3.37. The van der Waals surface area contributed by atoms with Crippen LogP contribution >= 0.6 is 11.3 Å². The molecule has 3 aromatic rings. The predicted octanol–water partition coefficient (Wildman–Crippen LogP) is 3.62. The van der Waals surface area contributed by atoms with Crippen LogP contribution in [-0.4, -0.2) is 41.2 Å². The van der Waals surface area contributed by atoms with Gasteiger partial charge in [-0.25, -0.2) is 0 Å². The van der Waals surface area contributed by atoms with Crippen molar-refractivity contribution in [2.24, 2.45) is 0 Å². The number of ether oxygens (including phenoxy) is 2. The normalized spacial score (nSPS) is 11.8. The number of aromatic nitrogens is 2. The number of benzene rings is 1. The molecule has 0 N–H and O–H groups in total. The van der Waals surface area contributed by atoms with E-state index in [0.717, 1.165) is 10.6 Å². The van der Waals surface area contributed by atoms with Gasteiger partial charge in [-0.2, -0.15) is 4.98 Å². The van der Waals surface area contributed by atoms with Gasteiger partial charge in [0.1, 0.15) is 11.5 Å². The van der Waals surface area contributed by atoms with Gasteiger partial charge in [-0.05, 0) is 42.1 Å². The second kappa shape index (κ2) is 8.68. The van der Waals surface area contributed by atoms with Crippen LogP contribution in [0.25, 0.3) is 10.7 Å². The summed E-state index contributed by atoms with van der Waals surface area (Å²) in [6.45, 7) is 2.13. The van der Waals surface area contributed by atoms with Crippen molar-refractivity contribution in [3.8, 4) is 22.2 Å². The Balaban J connectivity index is 1.62. The van der Waals surface area contributed by atoms with Crippen LogP contribution in [0.3, 0.4) is 0 Å². The highest BCUT2D eigenvalue weighted by Crippen LogP contribution is 2.22. The Morgan fingerprint density at radius 2 is 2.00 bits per heavy atom. The first-order chi connectivity index (χ1) is 13.1. The molecule has 0 aliphatic rings. The summed E-state index contributed by atoms with van der Waals surface area (Å²) >= 11 is 1.53. The number of likely N-dealkylation sites (N-methyl/N-ethyl adjacent to an activating group) is 1. The van der Waals surface area contributed by atoms with Gasteiger partial charge in [-0.1, -0.05) is 18.1 Å². The minimum atomic E-state index is -0.594. The van der Waals surface area contributed by atoms with Gasteiger partial charge in [0.05, 0.1) is 18.5 Å². The minimum Gasteiger partial charge on any atom is -0.497 e. The van der Waals surface area contributed by atoms with E-state index >= 15 is 0 Å². The Morgan fingerprint density at radius 1 is 1.26 bits per heavy atom. The summed E-state index contributed by atoms with van der Waals surface area (Å²) in [5.41, 5.74) is 0. The van der Waals surface area contributed by atoms with Crippen molar-refractivity contribution in [2.75, 3.05) is 14.2 Å². The maximum atomic E-state index is 12.7. The molecule has 0 spiro atoms. The van der Waals surface area contributed by atoms with E-state index in [-0.39, 0.29) is 12.5 Å². The number of methoxy groups -OCH3 is 1. The summed E-state index contributed by atoms with van der Waals surface area (Å²) in [6, 6.07) is 11.0. The molecule has 7 nitrogen and oxygen atoms in total. The molecule has 0 saturated heterocycles. The van der Waals surface area contributed by atoms with E-state index in [9.17, 15) is 4.79 Å². The van der Waals surface area contributed by atoms with E-state index in [1.54, 1.807) is 38.4 Å². The first-order valence-electron chi connectivity index (χ1n) is 8.53. The number of thiophene rings is 1. The van der Waals surface area contributed by atoms with Crippen molar-refractivity contribution >= 4 is 17.2 Å². The summed E-state index contributed by atoms with van der Waals surface area (Å²) in [7, 11) is 3.29. The highest BCUT2D eigenvalue weighted by Gasteiger charge is 2.24. The zero-order chi connectivity index (χ0) is 19.2. The van der Waals surface area contributed by atoms with Gasteiger partial charge in [-0.15, -0.1) is 11.3 Å². The third-order valence-electron chi connectivity index (χ3n) is 3.94. The first kappa shape index (κ1) is 18.9. The maximum Gasteiger partial charge on any atom is 0.263 e. The molecule has 0 aliphatic carbocycles. The fourth-order valence-electron chi connectivity index (χ4n) is 2.48. The molecule has 0 radical (unpaired) electrons. The number of rotatable bonds is 8. The van der Waals surface area contributed by atoms with Gasteiger partial charge < -0.3 is 18.9 Å². The molecule has 0 unspecified atom stereocenters. The Hall–Kier alpha value is -2.87. The maximum absolute atomic E-state index is 12.7. The SMILES string of the molecule is CC[C@@H](Oc1ccc(OC)cc1)C(=O)N(C)Cc1nc(-c2cccs2)no1. The van der Waals surface area contributed by atoms with E-state index in [4.69, 9.17) is 14.0 Å². The fraction of sp³-hybridized carbons (Fsp3) is 0.316. The molecule has 2 aromatic heterocycles. The second-order valence-corrected chi connectivity index (χ2v) is 6.82. The number of hydrogen-bond acceptors (Lipinski definition) is 7. The molecule has 0 fully saturated rings. The lowest BCUT2D eigenvalue weighted by atomic mass is 10.2. The molecule has 0 saturated carbocycles. The third kappa shape index (κ3) is 4.65. The molecule has 27 heavy (non-hydrogen) atoms. The van der Waals surface area contributed by atoms with Crippen LogP contribution in [0.2, 0.25) is 0 Å². The van der Waals surface area contributed by atoms with Crippen LogP contribution < -0.4 is 9.47 Å². The van der Waals surface area contributed by atoms with Gasteiger partial charge in [-0.3, -0.25) is 4.79 Å². The van der Waals surface area contributed by atoms with Crippen LogP contribution in [0.5, 0.6) is 11.5 Å². The Morgan fingerprint density at radius 3 is 2.63 bits per heavy atom. The summed E-state index contributed by atoms with van der Waals surface area (Å²) < 4.78 is 16.2. The number of nitrogens with zero attached hydrogens (tertiary/aromatic N) is 3. The van der Waals surface area contributed by atoms with Gasteiger partial charge in [0.15, 0.2) is 6.10 Å². The average molecular weight is 387 g/mol. The van der Waals surface area contributed by atoms with Gasteiger partial charge >= 0.3 is 0 Å². The largest absolute Gasteiger partial charge is 0.497 e. The summed E-state index contributed by atoms with van der Waals surface area (Å²) in [5.74, 6) is 2.11. The molecule has 1 amide bonds. The van der Waals surface area contributed by atoms with Crippen molar-refractivity contribution in [2.45, 2.75) is 26.0 Å². The zero-order valence-electron chi connectivity index (χ0n) is 15.4. The van der Waals surface area contributed by atoms with E-state index in [1.165, 1.54) is 16.2 Å². The van der Waals surface area contributed by atoms with Crippen molar-refractivity contribution in [3.63, 3.8) is 0 Å². The predicted molar refractivity (Wildman–Crippen MR) is 102 cm³/mol. The number of carbonyl (C=O) groups excluding carboxylic acids is 1. The molecule has 0 bridgehead atoms. The van der Waals surface area contributed by atoms with Crippen molar-refractivity contribution in [3.05, 3.63) is 47.7 Å². The van der Waals surface area contributed by atoms with Crippen molar-refractivity contribution in [1.29, 1.82) is 0 Å². The second-order valence-electron chi connectivity index (χ2n) is 5.87. The highest BCUT2D eigenvalue weighted by molar-refractivity contribution is 7.13. The Labute approximate surface area is 161 Å². The Kier molecular flexibility index (Phi) is 6.08. The van der Waals surface area contributed by atoms with Crippen LogP contribution in [0, 0.1) is 0 Å². The highest BCUT2D eigenvalue weighted by atomic mass is 32.1. The topological polar surface area (TPSA) is 77.7 Å².